The molecule has 0 radical (unpaired) electrons. The molecule has 0 aliphatic rings. The summed E-state index contributed by atoms with van der Waals surface area (Å²) in [6, 6.07) is 67.6. The van der Waals surface area contributed by atoms with Crippen molar-refractivity contribution < 1.29 is 22.7 Å². The van der Waals surface area contributed by atoms with E-state index < -0.39 is 0 Å². The summed E-state index contributed by atoms with van der Waals surface area (Å²) in [4.78, 5) is 0. The van der Waals surface area contributed by atoms with Crippen LogP contribution < -0.4 is 18.3 Å². The largest absolute Gasteiger partial charge is 0.456 e. The third-order valence-electron chi connectivity index (χ3n) is 21.3. The monoisotopic (exact) mass is 1370 g/mol. The third-order valence-corrected chi connectivity index (χ3v) is 22.5. The van der Waals surface area contributed by atoms with Gasteiger partial charge in [0.2, 0.25) is 0 Å². The molecule has 8 aromatic heterocycles. The predicted molar refractivity (Wildman–Crippen MR) is 432 cm³/mol. The molecule has 0 amide bonds. The van der Waals surface area contributed by atoms with Gasteiger partial charge in [0.15, 0.2) is 0 Å². The SMILES string of the molecule is Cc1cccc2c1c1cccc(C)c1c1n2cc[n+]1C.Cc1cccc2c3ccccc3n3cc[n+](C)c3c12.Cc1ccccc1-c1n(-c2c(C(C)C)cc3c(oc4ccccc43)c2C(C)C)cc[n+]1C.Cc1ccccc1-c1n(-c2c(C(C)C)cc3c(sc4ccccc43)c2C(C)C)cc[n+]1C. The van der Waals surface area contributed by atoms with E-state index in [1.807, 2.05) is 17.4 Å². The first-order valence-electron chi connectivity index (χ1n) is 36.5. The molecular formula is C93H94N8OS+4. The number of benzene rings is 10. The number of aryl methyl sites for hydroxylation is 9. The molecule has 0 saturated heterocycles. The lowest BCUT2D eigenvalue weighted by Gasteiger charge is -2.19. The van der Waals surface area contributed by atoms with Crippen LogP contribution >= 0.6 is 11.3 Å². The molecule has 18 rings (SSSR count). The summed E-state index contributed by atoms with van der Waals surface area (Å²) >= 11 is 1.94. The Morgan fingerprint density at radius 1 is 0.350 bits per heavy atom. The third kappa shape index (κ3) is 11.6. The highest BCUT2D eigenvalue weighted by Gasteiger charge is 2.33. The van der Waals surface area contributed by atoms with Crippen LogP contribution in [0.3, 0.4) is 0 Å². The summed E-state index contributed by atoms with van der Waals surface area (Å²) in [6.45, 7) is 29.4. The second-order valence-corrected chi connectivity index (χ2v) is 30.6. The molecule has 10 heteroatoms. The fourth-order valence-electron chi connectivity index (χ4n) is 16.3. The average molecular weight is 1370 g/mol. The quantitative estimate of drug-likeness (QED) is 0.110. The Labute approximate surface area is 608 Å². The van der Waals surface area contributed by atoms with Crippen molar-refractivity contribution in [1.82, 2.24) is 17.9 Å². The fraction of sp³-hybridized carbons (Fsp3) is 0.226. The summed E-state index contributed by atoms with van der Waals surface area (Å²) in [5.74, 6) is 3.93. The lowest BCUT2D eigenvalue weighted by atomic mass is 9.89. The van der Waals surface area contributed by atoms with Crippen LogP contribution in [0.5, 0.6) is 0 Å². The van der Waals surface area contributed by atoms with E-state index in [-0.39, 0.29) is 0 Å². The normalized spacial score (nSPS) is 11.9. The molecule has 514 valence electrons. The van der Waals surface area contributed by atoms with Crippen LogP contribution in [0.15, 0.2) is 242 Å². The van der Waals surface area contributed by atoms with E-state index in [0.29, 0.717) is 23.7 Å². The molecule has 0 spiro atoms. The van der Waals surface area contributed by atoms with Crippen molar-refractivity contribution in [1.29, 1.82) is 0 Å². The van der Waals surface area contributed by atoms with Gasteiger partial charge < -0.3 is 4.42 Å². The number of pyridine rings is 2. The minimum absolute atomic E-state index is 0.309. The van der Waals surface area contributed by atoms with Gasteiger partial charge >= 0.3 is 0 Å². The van der Waals surface area contributed by atoms with Crippen molar-refractivity contribution in [2.24, 2.45) is 28.2 Å². The standard InChI is InChI=1S/C29H31N2O.C29H31N2S.C18H17N2.C17H15N2/c2*1-18(2)23-17-24-22-13-9-10-14-25(22)32-28(24)26(19(3)4)27(23)31-16-15-30(6)29(31)21-12-8-7-11-20(21)5;1-12-7-5-9-15-16(12)14-8-4-6-13(2)17(14)18-19(3)10-11-20(15)18;1-12-6-5-8-14-13-7-3-4-9-15(13)19-11-10-18(2)17(19)16(12)14/h2*7-19H,1-6H3;4-11H,1-3H3;3-11H,1-2H3/q4*+1. The van der Waals surface area contributed by atoms with Crippen LogP contribution in [0.1, 0.15) is 129 Å². The van der Waals surface area contributed by atoms with Gasteiger partial charge in [-0.3, -0.25) is 0 Å². The maximum absolute atomic E-state index is 6.50. The molecule has 103 heavy (non-hydrogen) atoms. The van der Waals surface area contributed by atoms with Gasteiger partial charge in [-0.2, -0.15) is 17.9 Å². The summed E-state index contributed by atoms with van der Waals surface area (Å²) < 4.78 is 27.6. The number of aromatic nitrogens is 8. The Hall–Kier alpha value is -10.9. The summed E-state index contributed by atoms with van der Waals surface area (Å²) in [5.41, 5.74) is 24.2. The Morgan fingerprint density at radius 2 is 0.777 bits per heavy atom. The maximum atomic E-state index is 6.50. The highest BCUT2D eigenvalue weighted by Crippen LogP contribution is 2.47. The summed E-state index contributed by atoms with van der Waals surface area (Å²) in [5, 5.41) is 13.2. The molecule has 0 atom stereocenters. The van der Waals surface area contributed by atoms with Crippen LogP contribution in [0, 0.1) is 34.6 Å². The minimum Gasteiger partial charge on any atom is -0.456 e. The smallest absolute Gasteiger partial charge is 0.294 e. The number of furan rings is 1. The van der Waals surface area contributed by atoms with E-state index in [0.717, 1.165) is 11.2 Å². The second kappa shape index (κ2) is 27.1. The number of para-hydroxylation sites is 2. The first-order valence-corrected chi connectivity index (χ1v) is 37.3. The van der Waals surface area contributed by atoms with Crippen LogP contribution in [0.25, 0.3) is 131 Å². The zero-order chi connectivity index (χ0) is 72.0. The van der Waals surface area contributed by atoms with E-state index in [4.69, 9.17) is 4.42 Å². The first kappa shape index (κ1) is 67.9. The van der Waals surface area contributed by atoms with Gasteiger partial charge in [-0.1, -0.05) is 195 Å². The summed E-state index contributed by atoms with van der Waals surface area (Å²) in [6.07, 6.45) is 17.3. The average Bonchev–Trinajstić information content (AvgIpc) is 1.63. The molecule has 0 bridgehead atoms. The molecule has 18 aromatic rings. The molecule has 10 aromatic carbocycles. The van der Waals surface area contributed by atoms with Crippen LogP contribution in [0.2, 0.25) is 0 Å². The Kier molecular flexibility index (Phi) is 17.9. The van der Waals surface area contributed by atoms with Crippen molar-refractivity contribution in [3.8, 4) is 34.2 Å². The maximum Gasteiger partial charge on any atom is 0.294 e. The van der Waals surface area contributed by atoms with Crippen molar-refractivity contribution in [2.75, 3.05) is 0 Å². The number of rotatable bonds is 8. The molecule has 0 N–H and O–H groups in total. The lowest BCUT2D eigenvalue weighted by molar-refractivity contribution is -0.659. The van der Waals surface area contributed by atoms with Crippen molar-refractivity contribution >= 4 is 108 Å². The number of thiophene rings is 1. The molecule has 0 unspecified atom stereocenters. The van der Waals surface area contributed by atoms with Crippen LogP contribution in [-0.4, -0.2) is 17.9 Å². The Morgan fingerprint density at radius 3 is 1.35 bits per heavy atom. The lowest BCUT2D eigenvalue weighted by Crippen LogP contribution is -2.29. The van der Waals surface area contributed by atoms with Crippen molar-refractivity contribution in [2.45, 2.75) is 114 Å². The second-order valence-electron chi connectivity index (χ2n) is 29.5. The van der Waals surface area contributed by atoms with E-state index in [9.17, 15) is 0 Å². The Balaban J connectivity index is 0.000000114. The van der Waals surface area contributed by atoms with Crippen LogP contribution in [0.4, 0.5) is 0 Å². The summed E-state index contributed by atoms with van der Waals surface area (Å²) in [7, 11) is 8.50. The molecule has 8 heterocycles. The molecule has 0 fully saturated rings. The highest BCUT2D eigenvalue weighted by atomic mass is 32.1. The van der Waals surface area contributed by atoms with Crippen molar-refractivity contribution in [3.63, 3.8) is 0 Å². The topological polar surface area (TPSA) is 47.3 Å². The van der Waals surface area contributed by atoms with Crippen molar-refractivity contribution in [3.05, 3.63) is 288 Å². The van der Waals surface area contributed by atoms with Gasteiger partial charge in [-0.05, 0) is 135 Å². The fourth-order valence-corrected chi connectivity index (χ4v) is 17.7. The number of nitrogens with zero attached hydrogens (tertiary/aromatic N) is 8. The number of imidazole rings is 4. The van der Waals surface area contributed by atoms with Gasteiger partial charge in [-0.15, -0.1) is 11.3 Å². The van der Waals surface area contributed by atoms with E-state index in [1.165, 1.54) is 170 Å². The molecular weight excluding hydrogens is 1280 g/mol. The van der Waals surface area contributed by atoms with E-state index in [1.54, 1.807) is 0 Å². The Bertz CT molecular complexity index is 6110. The minimum atomic E-state index is 0.309. The zero-order valence-corrected chi connectivity index (χ0v) is 63.5. The zero-order valence-electron chi connectivity index (χ0n) is 62.7. The van der Waals surface area contributed by atoms with Gasteiger partial charge in [0.25, 0.3) is 22.9 Å². The molecule has 0 aliphatic carbocycles. The molecule has 0 aliphatic heterocycles. The van der Waals surface area contributed by atoms with Gasteiger partial charge in [0.1, 0.15) is 83.1 Å². The van der Waals surface area contributed by atoms with Crippen LogP contribution in [-0.2, 0) is 28.2 Å². The van der Waals surface area contributed by atoms with E-state index in [2.05, 4.69) is 386 Å². The number of hydrogen-bond donors (Lipinski definition) is 0. The van der Waals surface area contributed by atoms with Gasteiger partial charge in [0, 0.05) is 74.7 Å². The molecule has 9 nitrogen and oxygen atoms in total. The van der Waals surface area contributed by atoms with E-state index >= 15 is 0 Å². The highest BCUT2D eigenvalue weighted by molar-refractivity contribution is 7.26. The van der Waals surface area contributed by atoms with Gasteiger partial charge in [0.05, 0.1) is 50.1 Å². The number of hydrogen-bond acceptors (Lipinski definition) is 2. The number of fused-ring (bicyclic) bond motifs is 18. The first-order chi connectivity index (χ1) is 49.7. The van der Waals surface area contributed by atoms with Gasteiger partial charge in [-0.25, -0.2) is 18.3 Å². The molecule has 0 saturated carbocycles. The predicted octanol–water partition coefficient (Wildman–Crippen LogP) is 22.4.